The van der Waals surface area contributed by atoms with Crippen LogP contribution in [0.4, 0.5) is 5.95 Å². The number of hydrogen-bond acceptors (Lipinski definition) is 6. The van der Waals surface area contributed by atoms with Gasteiger partial charge in [-0.15, -0.1) is 0 Å². The largest absolute Gasteiger partial charge is 0.479 e. The maximum atomic E-state index is 11.0. The number of carboxylic acid groups (broad SMARTS) is 1. The van der Waals surface area contributed by atoms with E-state index in [0.29, 0.717) is 13.0 Å². The average Bonchev–Trinajstić information content (AvgIpc) is 2.52. The number of rotatable bonds is 7. The SMILES string of the molecule is CCOC(CCN1CCN(c2ncccn2)CC1)C(=O)O. The molecule has 1 aliphatic rings. The van der Waals surface area contributed by atoms with Crippen molar-refractivity contribution in [2.75, 3.05) is 44.2 Å². The molecule has 0 spiro atoms. The summed E-state index contributed by atoms with van der Waals surface area (Å²) in [6.07, 6.45) is 3.30. The summed E-state index contributed by atoms with van der Waals surface area (Å²) in [5, 5.41) is 9.06. The molecule has 1 aromatic heterocycles. The van der Waals surface area contributed by atoms with Crippen molar-refractivity contribution < 1.29 is 14.6 Å². The van der Waals surface area contributed by atoms with Crippen LogP contribution in [0.1, 0.15) is 13.3 Å². The Morgan fingerprint density at radius 2 is 2.00 bits per heavy atom. The molecule has 1 N–H and O–H groups in total. The van der Waals surface area contributed by atoms with Gasteiger partial charge in [0.15, 0.2) is 6.10 Å². The number of carboxylic acids is 1. The number of aliphatic carboxylic acids is 1. The van der Waals surface area contributed by atoms with Gasteiger partial charge in [0.05, 0.1) is 0 Å². The van der Waals surface area contributed by atoms with Crippen molar-refractivity contribution in [3.8, 4) is 0 Å². The molecule has 1 aliphatic heterocycles. The molecule has 2 heterocycles. The minimum absolute atomic E-state index is 0.427. The van der Waals surface area contributed by atoms with Crippen LogP contribution in [-0.2, 0) is 9.53 Å². The molecule has 0 saturated carbocycles. The van der Waals surface area contributed by atoms with Crippen LogP contribution in [0, 0.1) is 0 Å². The molecule has 0 amide bonds. The van der Waals surface area contributed by atoms with Gasteiger partial charge in [-0.3, -0.25) is 4.90 Å². The van der Waals surface area contributed by atoms with E-state index in [1.54, 1.807) is 18.5 Å². The number of aromatic nitrogens is 2. The first-order valence-corrected chi connectivity index (χ1v) is 7.29. The van der Waals surface area contributed by atoms with Crippen molar-refractivity contribution in [2.24, 2.45) is 0 Å². The van der Waals surface area contributed by atoms with Crippen molar-refractivity contribution in [1.29, 1.82) is 0 Å². The molecule has 0 aromatic carbocycles. The van der Waals surface area contributed by atoms with Crippen LogP contribution in [0.5, 0.6) is 0 Å². The predicted molar refractivity (Wildman–Crippen MR) is 78.4 cm³/mol. The molecule has 1 unspecified atom stereocenters. The van der Waals surface area contributed by atoms with E-state index in [-0.39, 0.29) is 0 Å². The fraction of sp³-hybridized carbons (Fsp3) is 0.643. The first-order chi connectivity index (χ1) is 10.2. The van der Waals surface area contributed by atoms with Gasteiger partial charge in [-0.2, -0.15) is 0 Å². The Balaban J connectivity index is 1.75. The number of piperazine rings is 1. The Morgan fingerprint density at radius 3 is 2.57 bits per heavy atom. The molecule has 1 aromatic rings. The fourth-order valence-corrected chi connectivity index (χ4v) is 2.41. The third-order valence-electron chi connectivity index (χ3n) is 3.56. The van der Waals surface area contributed by atoms with E-state index in [4.69, 9.17) is 9.84 Å². The van der Waals surface area contributed by atoms with Crippen molar-refractivity contribution in [1.82, 2.24) is 14.9 Å². The monoisotopic (exact) mass is 294 g/mol. The number of ether oxygens (including phenoxy) is 1. The zero-order valence-corrected chi connectivity index (χ0v) is 12.3. The molecule has 21 heavy (non-hydrogen) atoms. The summed E-state index contributed by atoms with van der Waals surface area (Å²) >= 11 is 0. The summed E-state index contributed by atoms with van der Waals surface area (Å²) in [6, 6.07) is 1.81. The Morgan fingerprint density at radius 1 is 1.33 bits per heavy atom. The van der Waals surface area contributed by atoms with Gasteiger partial charge < -0.3 is 14.7 Å². The molecule has 0 aliphatic carbocycles. The molecule has 2 rings (SSSR count). The lowest BCUT2D eigenvalue weighted by Gasteiger charge is -2.34. The minimum atomic E-state index is -0.881. The Hall–Kier alpha value is -1.73. The van der Waals surface area contributed by atoms with Gasteiger partial charge in [0, 0.05) is 51.7 Å². The van der Waals surface area contributed by atoms with Gasteiger partial charge in [0.2, 0.25) is 5.95 Å². The van der Waals surface area contributed by atoms with Gasteiger partial charge in [0.25, 0.3) is 0 Å². The maximum absolute atomic E-state index is 11.0. The second-order valence-electron chi connectivity index (χ2n) is 4.95. The average molecular weight is 294 g/mol. The Bertz CT molecular complexity index is 435. The van der Waals surface area contributed by atoms with Gasteiger partial charge >= 0.3 is 5.97 Å². The summed E-state index contributed by atoms with van der Waals surface area (Å²) in [4.78, 5) is 23.9. The van der Waals surface area contributed by atoms with E-state index in [2.05, 4.69) is 19.8 Å². The standard InChI is InChI=1S/C14H22N4O3/c1-2-21-12(13(19)20)4-7-17-8-10-18(11-9-17)14-15-5-3-6-16-14/h3,5-6,12H,2,4,7-11H2,1H3,(H,19,20). The molecule has 7 nitrogen and oxygen atoms in total. The van der Waals surface area contributed by atoms with Crippen LogP contribution in [0.25, 0.3) is 0 Å². The Kier molecular flexibility index (Phi) is 5.89. The highest BCUT2D eigenvalue weighted by molar-refractivity contribution is 5.72. The number of nitrogens with zero attached hydrogens (tertiary/aromatic N) is 4. The topological polar surface area (TPSA) is 78.8 Å². The summed E-state index contributed by atoms with van der Waals surface area (Å²) in [5.41, 5.74) is 0. The van der Waals surface area contributed by atoms with E-state index in [1.165, 1.54) is 0 Å². The molecule has 0 bridgehead atoms. The molecule has 1 atom stereocenters. The van der Waals surface area contributed by atoms with Crippen LogP contribution in [0.3, 0.4) is 0 Å². The van der Waals surface area contributed by atoms with E-state index in [1.807, 2.05) is 6.92 Å². The first kappa shape index (κ1) is 15.7. The molecule has 1 fully saturated rings. The summed E-state index contributed by atoms with van der Waals surface area (Å²) in [5.74, 6) is -0.122. The molecular formula is C14H22N4O3. The highest BCUT2D eigenvalue weighted by atomic mass is 16.5. The third-order valence-corrected chi connectivity index (χ3v) is 3.56. The fourth-order valence-electron chi connectivity index (χ4n) is 2.41. The van der Waals surface area contributed by atoms with E-state index >= 15 is 0 Å². The molecule has 116 valence electrons. The molecule has 0 radical (unpaired) electrons. The number of carbonyl (C=O) groups is 1. The highest BCUT2D eigenvalue weighted by Gasteiger charge is 2.22. The van der Waals surface area contributed by atoms with Crippen LogP contribution in [0.2, 0.25) is 0 Å². The van der Waals surface area contributed by atoms with Crippen molar-refractivity contribution in [3.05, 3.63) is 18.5 Å². The Labute approximate surface area is 124 Å². The van der Waals surface area contributed by atoms with Crippen molar-refractivity contribution >= 4 is 11.9 Å². The second kappa shape index (κ2) is 7.90. The molecule has 7 heteroatoms. The number of anilines is 1. The quantitative estimate of drug-likeness (QED) is 0.783. The predicted octanol–water partition coefficient (Wildman–Crippen LogP) is 0.478. The third kappa shape index (κ3) is 4.64. The summed E-state index contributed by atoms with van der Waals surface area (Å²) in [7, 11) is 0. The minimum Gasteiger partial charge on any atom is -0.479 e. The van der Waals surface area contributed by atoms with Gasteiger partial charge in [-0.1, -0.05) is 0 Å². The summed E-state index contributed by atoms with van der Waals surface area (Å²) < 4.78 is 5.23. The summed E-state index contributed by atoms with van der Waals surface area (Å²) in [6.45, 7) is 6.46. The molecule has 1 saturated heterocycles. The van der Waals surface area contributed by atoms with E-state index in [9.17, 15) is 4.79 Å². The van der Waals surface area contributed by atoms with Gasteiger partial charge in [0.1, 0.15) is 0 Å². The van der Waals surface area contributed by atoms with Gasteiger partial charge in [-0.05, 0) is 19.4 Å². The lowest BCUT2D eigenvalue weighted by molar-refractivity contribution is -0.150. The van der Waals surface area contributed by atoms with Crippen LogP contribution in [-0.4, -0.2) is 71.4 Å². The van der Waals surface area contributed by atoms with Gasteiger partial charge in [-0.25, -0.2) is 14.8 Å². The normalized spacial score (nSPS) is 17.7. The van der Waals surface area contributed by atoms with Crippen molar-refractivity contribution in [3.63, 3.8) is 0 Å². The lowest BCUT2D eigenvalue weighted by Crippen LogP contribution is -2.48. The maximum Gasteiger partial charge on any atom is 0.332 e. The first-order valence-electron chi connectivity index (χ1n) is 7.29. The highest BCUT2D eigenvalue weighted by Crippen LogP contribution is 2.10. The zero-order chi connectivity index (χ0) is 15.1. The smallest absolute Gasteiger partial charge is 0.332 e. The zero-order valence-electron chi connectivity index (χ0n) is 12.3. The number of hydrogen-bond donors (Lipinski definition) is 1. The van der Waals surface area contributed by atoms with Crippen LogP contribution < -0.4 is 4.90 Å². The van der Waals surface area contributed by atoms with E-state index < -0.39 is 12.1 Å². The second-order valence-corrected chi connectivity index (χ2v) is 4.95. The lowest BCUT2D eigenvalue weighted by atomic mass is 10.2. The van der Waals surface area contributed by atoms with E-state index in [0.717, 1.165) is 38.7 Å². The van der Waals surface area contributed by atoms with Crippen LogP contribution >= 0.6 is 0 Å². The van der Waals surface area contributed by atoms with Crippen molar-refractivity contribution in [2.45, 2.75) is 19.4 Å². The molecular weight excluding hydrogens is 272 g/mol. The van der Waals surface area contributed by atoms with Crippen LogP contribution in [0.15, 0.2) is 18.5 Å².